The minimum absolute atomic E-state index is 0.158. The molecule has 2 nitrogen and oxygen atoms in total. The molecule has 2 N–H and O–H groups in total. The molecule has 0 saturated carbocycles. The summed E-state index contributed by atoms with van der Waals surface area (Å²) < 4.78 is 11.7. The lowest BCUT2D eigenvalue weighted by atomic mass is 10.0. The predicted octanol–water partition coefficient (Wildman–Crippen LogP) is 2.30. The molecule has 0 aromatic heterocycles. The highest BCUT2D eigenvalue weighted by Crippen LogP contribution is 2.15. The zero-order valence-electron chi connectivity index (χ0n) is 9.79. The van der Waals surface area contributed by atoms with Gasteiger partial charge in [-0.2, -0.15) is 0 Å². The Morgan fingerprint density at radius 3 is 2.43 bits per heavy atom. The Morgan fingerprint density at radius 1 is 1.36 bits per heavy atom. The van der Waals surface area contributed by atoms with Crippen LogP contribution in [-0.2, 0) is 10.8 Å². The van der Waals surface area contributed by atoms with Gasteiger partial charge in [0.05, 0.1) is 0 Å². The number of unbranched alkanes of at least 4 members (excludes halogenated alkanes) is 1. The first-order valence-corrected chi connectivity index (χ1v) is 7.11. The minimum atomic E-state index is -0.723. The molecule has 0 aromatic carbocycles. The summed E-state index contributed by atoms with van der Waals surface area (Å²) >= 11 is 0. The first kappa shape index (κ1) is 14.1. The third kappa shape index (κ3) is 5.76. The summed E-state index contributed by atoms with van der Waals surface area (Å²) in [6, 6.07) is 0. The molecule has 0 bridgehead atoms. The van der Waals surface area contributed by atoms with Crippen molar-refractivity contribution in [2.75, 3.05) is 12.3 Å². The van der Waals surface area contributed by atoms with Gasteiger partial charge in [0.15, 0.2) is 0 Å². The minimum Gasteiger partial charge on any atom is -0.329 e. The molecule has 0 rings (SSSR count). The van der Waals surface area contributed by atoms with Gasteiger partial charge in [-0.15, -0.1) is 0 Å². The lowest BCUT2D eigenvalue weighted by Crippen LogP contribution is -2.26. The van der Waals surface area contributed by atoms with Gasteiger partial charge in [-0.05, 0) is 19.3 Å². The highest BCUT2D eigenvalue weighted by molar-refractivity contribution is 7.85. The highest BCUT2D eigenvalue weighted by atomic mass is 32.2. The van der Waals surface area contributed by atoms with Crippen molar-refractivity contribution >= 4 is 10.8 Å². The van der Waals surface area contributed by atoms with E-state index < -0.39 is 10.8 Å². The van der Waals surface area contributed by atoms with Gasteiger partial charge in [0.25, 0.3) is 0 Å². The molecule has 86 valence electrons. The Morgan fingerprint density at radius 2 is 2.00 bits per heavy atom. The van der Waals surface area contributed by atoms with Crippen LogP contribution in [0.5, 0.6) is 0 Å². The van der Waals surface area contributed by atoms with E-state index in [1.54, 1.807) is 0 Å². The van der Waals surface area contributed by atoms with Crippen LogP contribution in [0.4, 0.5) is 0 Å². The molecule has 0 spiro atoms. The maximum atomic E-state index is 11.7. The third-order valence-corrected chi connectivity index (χ3v) is 4.61. The fourth-order valence-corrected chi connectivity index (χ4v) is 2.81. The van der Waals surface area contributed by atoms with Crippen LogP contribution in [0.1, 0.15) is 46.5 Å². The van der Waals surface area contributed by atoms with Gasteiger partial charge in [0, 0.05) is 28.3 Å². The van der Waals surface area contributed by atoms with Crippen molar-refractivity contribution in [1.29, 1.82) is 0 Å². The van der Waals surface area contributed by atoms with Crippen LogP contribution in [0, 0.1) is 5.92 Å². The van der Waals surface area contributed by atoms with E-state index in [0.717, 1.165) is 12.2 Å². The molecule has 0 radical (unpaired) electrons. The van der Waals surface area contributed by atoms with Gasteiger partial charge in [0.2, 0.25) is 0 Å². The van der Waals surface area contributed by atoms with Gasteiger partial charge in [-0.3, -0.25) is 4.21 Å². The average Bonchev–Trinajstić information content (AvgIpc) is 2.22. The fraction of sp³-hybridized carbons (Fsp3) is 1.00. The Labute approximate surface area is 91.1 Å². The summed E-state index contributed by atoms with van der Waals surface area (Å²) in [5.41, 5.74) is 5.50. The Balaban J connectivity index is 3.85. The largest absolute Gasteiger partial charge is 0.329 e. The second-order valence-electron chi connectivity index (χ2n) is 4.01. The van der Waals surface area contributed by atoms with Gasteiger partial charge in [0.1, 0.15) is 0 Å². The topological polar surface area (TPSA) is 43.1 Å². The predicted molar refractivity (Wildman–Crippen MR) is 64.8 cm³/mol. The SMILES string of the molecule is CCCCC(CC)CS(=O)C(C)CN. The summed E-state index contributed by atoms with van der Waals surface area (Å²) in [6.45, 7) is 6.90. The average molecular weight is 219 g/mol. The normalized spacial score (nSPS) is 17.7. The summed E-state index contributed by atoms with van der Waals surface area (Å²) in [7, 11) is -0.723. The van der Waals surface area contributed by atoms with E-state index in [2.05, 4.69) is 13.8 Å². The molecule has 3 heteroatoms. The monoisotopic (exact) mass is 219 g/mol. The number of nitrogens with two attached hydrogens (primary N) is 1. The van der Waals surface area contributed by atoms with Crippen molar-refractivity contribution < 1.29 is 4.21 Å². The third-order valence-electron chi connectivity index (χ3n) is 2.72. The van der Waals surface area contributed by atoms with Crippen LogP contribution < -0.4 is 5.73 Å². The van der Waals surface area contributed by atoms with Gasteiger partial charge < -0.3 is 5.73 Å². The standard InChI is InChI=1S/C11H25NOS/c1-4-6-7-11(5-2)9-14(13)10(3)8-12/h10-11H,4-9,12H2,1-3H3. The maximum absolute atomic E-state index is 11.7. The van der Waals surface area contributed by atoms with Crippen molar-refractivity contribution in [2.45, 2.75) is 51.7 Å². The Hall–Kier alpha value is 0.110. The first-order valence-electron chi connectivity index (χ1n) is 5.72. The molecule has 3 atom stereocenters. The zero-order valence-corrected chi connectivity index (χ0v) is 10.6. The van der Waals surface area contributed by atoms with Gasteiger partial charge >= 0.3 is 0 Å². The highest BCUT2D eigenvalue weighted by Gasteiger charge is 2.14. The Bertz CT molecular complexity index is 161. The van der Waals surface area contributed by atoms with Crippen LogP contribution in [0.25, 0.3) is 0 Å². The summed E-state index contributed by atoms with van der Waals surface area (Å²) in [5, 5.41) is 0.158. The van der Waals surface area contributed by atoms with Crippen LogP contribution in [0.2, 0.25) is 0 Å². The zero-order chi connectivity index (χ0) is 11.0. The van der Waals surface area contributed by atoms with E-state index in [9.17, 15) is 4.21 Å². The summed E-state index contributed by atoms with van der Waals surface area (Å²) in [4.78, 5) is 0. The van der Waals surface area contributed by atoms with E-state index >= 15 is 0 Å². The number of rotatable bonds is 8. The molecule has 0 saturated heterocycles. The second-order valence-corrected chi connectivity index (χ2v) is 5.91. The molecule has 0 aliphatic carbocycles. The lowest BCUT2D eigenvalue weighted by molar-refractivity contribution is 0.493. The molecular formula is C11H25NOS. The molecular weight excluding hydrogens is 194 g/mol. The molecule has 0 aromatic rings. The van der Waals surface area contributed by atoms with E-state index in [-0.39, 0.29) is 5.25 Å². The van der Waals surface area contributed by atoms with Crippen molar-refractivity contribution in [3.8, 4) is 0 Å². The van der Waals surface area contributed by atoms with E-state index in [4.69, 9.17) is 5.73 Å². The van der Waals surface area contributed by atoms with Crippen LogP contribution >= 0.6 is 0 Å². The number of hydrogen-bond acceptors (Lipinski definition) is 2. The van der Waals surface area contributed by atoms with E-state index in [1.807, 2.05) is 6.92 Å². The maximum Gasteiger partial charge on any atom is 0.0442 e. The molecule has 3 unspecified atom stereocenters. The van der Waals surface area contributed by atoms with Crippen molar-refractivity contribution in [3.63, 3.8) is 0 Å². The van der Waals surface area contributed by atoms with Crippen molar-refractivity contribution in [3.05, 3.63) is 0 Å². The molecule has 14 heavy (non-hydrogen) atoms. The van der Waals surface area contributed by atoms with E-state index in [1.165, 1.54) is 19.3 Å². The summed E-state index contributed by atoms with van der Waals surface area (Å²) in [6.07, 6.45) is 4.85. The molecule has 0 fully saturated rings. The first-order chi connectivity index (χ1) is 6.65. The smallest absolute Gasteiger partial charge is 0.0442 e. The molecule has 0 aliphatic rings. The molecule has 0 amide bonds. The Kier molecular flexibility index (Phi) is 8.49. The quantitative estimate of drug-likeness (QED) is 0.680. The summed E-state index contributed by atoms with van der Waals surface area (Å²) in [5.74, 6) is 1.47. The number of hydrogen-bond donors (Lipinski definition) is 1. The fourth-order valence-electron chi connectivity index (χ4n) is 1.40. The van der Waals surface area contributed by atoms with Crippen LogP contribution in [0.15, 0.2) is 0 Å². The lowest BCUT2D eigenvalue weighted by Gasteiger charge is -2.16. The van der Waals surface area contributed by atoms with E-state index in [0.29, 0.717) is 12.5 Å². The second kappa shape index (κ2) is 8.42. The van der Waals surface area contributed by atoms with Crippen LogP contribution in [-0.4, -0.2) is 21.8 Å². The van der Waals surface area contributed by atoms with Gasteiger partial charge in [-0.25, -0.2) is 0 Å². The van der Waals surface area contributed by atoms with Crippen LogP contribution in [0.3, 0.4) is 0 Å². The molecule has 0 aliphatic heterocycles. The molecule has 0 heterocycles. The van der Waals surface area contributed by atoms with Crippen molar-refractivity contribution in [2.24, 2.45) is 11.7 Å². The van der Waals surface area contributed by atoms with Gasteiger partial charge in [-0.1, -0.05) is 33.1 Å². The van der Waals surface area contributed by atoms with Crippen molar-refractivity contribution in [1.82, 2.24) is 0 Å².